The molecule has 0 aliphatic carbocycles. The highest BCUT2D eigenvalue weighted by Gasteiger charge is 2.25. The molecular formula is C22H33ClN4O6S2. The molecule has 0 saturated carbocycles. The van der Waals surface area contributed by atoms with Gasteiger partial charge in [0.1, 0.15) is 0 Å². The first-order valence-electron chi connectivity index (χ1n) is 10.9. The molecule has 0 unspecified atom stereocenters. The van der Waals surface area contributed by atoms with Crippen molar-refractivity contribution in [1.82, 2.24) is 5.32 Å². The van der Waals surface area contributed by atoms with Gasteiger partial charge in [-0.25, -0.2) is 16.8 Å². The van der Waals surface area contributed by atoms with Crippen LogP contribution in [0.25, 0.3) is 0 Å². The summed E-state index contributed by atoms with van der Waals surface area (Å²) < 4.78 is 65.7. The number of nitrogens with zero attached hydrogens (tertiary/aromatic N) is 2. The molecule has 0 bridgehead atoms. The summed E-state index contributed by atoms with van der Waals surface area (Å²) in [6.07, 6.45) is 2.05. The Kier molecular flexibility index (Phi) is 9.90. The van der Waals surface area contributed by atoms with Gasteiger partial charge in [-0.05, 0) is 50.2 Å². The molecule has 2 N–H and O–H groups in total. The summed E-state index contributed by atoms with van der Waals surface area (Å²) in [7, 11) is -4.83. The van der Waals surface area contributed by atoms with E-state index in [9.17, 15) is 16.8 Å². The van der Waals surface area contributed by atoms with E-state index in [-0.39, 0.29) is 41.0 Å². The maximum absolute atomic E-state index is 13.2. The van der Waals surface area contributed by atoms with E-state index < -0.39 is 20.0 Å². The van der Waals surface area contributed by atoms with Gasteiger partial charge in [-0.1, -0.05) is 0 Å². The molecule has 13 heteroatoms. The van der Waals surface area contributed by atoms with Crippen LogP contribution in [0.2, 0.25) is 0 Å². The highest BCUT2D eigenvalue weighted by atomic mass is 35.5. The van der Waals surface area contributed by atoms with Crippen molar-refractivity contribution in [2.45, 2.75) is 18.2 Å². The van der Waals surface area contributed by atoms with Crippen molar-refractivity contribution in [3.05, 3.63) is 36.4 Å². The second-order valence-electron chi connectivity index (χ2n) is 7.84. The number of halogens is 1. The zero-order chi connectivity index (χ0) is 24.9. The summed E-state index contributed by atoms with van der Waals surface area (Å²) in [5, 5.41) is 3.34. The lowest BCUT2D eigenvalue weighted by Gasteiger charge is -2.28. The minimum atomic E-state index is -4.05. The van der Waals surface area contributed by atoms with Crippen LogP contribution in [-0.4, -0.2) is 70.0 Å². The molecule has 0 amide bonds. The Bertz CT molecular complexity index is 1220. The number of hydrogen-bond acceptors (Lipinski definition) is 8. The Hall–Kier alpha value is -2.41. The van der Waals surface area contributed by atoms with Crippen molar-refractivity contribution >= 4 is 49.5 Å². The predicted octanol–water partition coefficient (Wildman–Crippen LogP) is 2.51. The van der Waals surface area contributed by atoms with Crippen LogP contribution < -0.4 is 28.7 Å². The predicted molar refractivity (Wildman–Crippen MR) is 142 cm³/mol. The largest absolute Gasteiger partial charge is 0.493 e. The van der Waals surface area contributed by atoms with E-state index in [4.69, 9.17) is 9.47 Å². The summed E-state index contributed by atoms with van der Waals surface area (Å²) in [5.74, 6) is 0.662. The molecule has 1 aliphatic heterocycles. The number of anilines is 3. The molecule has 3 rings (SSSR count). The van der Waals surface area contributed by atoms with Gasteiger partial charge in [-0.3, -0.25) is 9.03 Å². The quantitative estimate of drug-likeness (QED) is 0.491. The van der Waals surface area contributed by atoms with Crippen LogP contribution in [0.15, 0.2) is 41.3 Å². The molecule has 0 radical (unpaired) electrons. The standard InChI is InChI=1S/C22H32N4O6S2.ClH/c1-5-26(33(4,27)28)20-15-17(25-13-6-11-23-12-14-25)7-9-19(20)24-34(29,30)18-8-10-21(31-2)22(16-18)32-3;/h7-10,15-16,23-24H,5-6,11-14H2,1-4H3;1H. The Balaban J connectivity index is 0.00000432. The number of hydrogen-bond donors (Lipinski definition) is 2. The van der Waals surface area contributed by atoms with Gasteiger partial charge in [0.25, 0.3) is 10.0 Å². The molecular weight excluding hydrogens is 516 g/mol. The molecule has 0 atom stereocenters. The van der Waals surface area contributed by atoms with Crippen molar-refractivity contribution in [2.24, 2.45) is 0 Å². The first-order valence-corrected chi connectivity index (χ1v) is 14.3. The average Bonchev–Trinajstić information content (AvgIpc) is 3.08. The van der Waals surface area contributed by atoms with Gasteiger partial charge in [0.05, 0.1) is 36.7 Å². The first-order chi connectivity index (χ1) is 16.1. The van der Waals surface area contributed by atoms with Crippen molar-refractivity contribution < 1.29 is 26.3 Å². The normalized spacial score (nSPS) is 14.5. The fourth-order valence-corrected chi connectivity index (χ4v) is 5.95. The molecule has 2 aromatic carbocycles. The number of methoxy groups -OCH3 is 2. The van der Waals surface area contributed by atoms with Crippen LogP contribution in [0.5, 0.6) is 11.5 Å². The summed E-state index contributed by atoms with van der Waals surface area (Å²) in [5.41, 5.74) is 1.26. The van der Waals surface area contributed by atoms with Gasteiger partial charge in [0.15, 0.2) is 11.5 Å². The molecule has 0 spiro atoms. The third-order valence-corrected chi connectivity index (χ3v) is 8.17. The van der Waals surface area contributed by atoms with Crippen molar-refractivity contribution in [3.63, 3.8) is 0 Å². The van der Waals surface area contributed by atoms with Crippen LogP contribution in [-0.2, 0) is 20.0 Å². The highest BCUT2D eigenvalue weighted by molar-refractivity contribution is 7.93. The third kappa shape index (κ3) is 6.84. The summed E-state index contributed by atoms with van der Waals surface area (Å²) >= 11 is 0. The van der Waals surface area contributed by atoms with Gasteiger partial charge in [0, 0.05) is 37.9 Å². The smallest absolute Gasteiger partial charge is 0.262 e. The SMILES string of the molecule is CCN(c1cc(N2CCCNCC2)ccc1NS(=O)(=O)c1ccc(OC)c(OC)c1)S(C)(=O)=O.Cl. The van der Waals surface area contributed by atoms with E-state index >= 15 is 0 Å². The zero-order valence-electron chi connectivity index (χ0n) is 20.3. The lowest BCUT2D eigenvalue weighted by molar-refractivity contribution is 0.354. The monoisotopic (exact) mass is 548 g/mol. The van der Waals surface area contributed by atoms with Gasteiger partial charge in [-0.15, -0.1) is 12.4 Å². The summed E-state index contributed by atoms with van der Waals surface area (Å²) in [6.45, 7) is 5.16. The Morgan fingerprint density at radius 1 is 1.00 bits per heavy atom. The Morgan fingerprint density at radius 2 is 1.71 bits per heavy atom. The third-order valence-electron chi connectivity index (χ3n) is 5.55. The van der Waals surface area contributed by atoms with E-state index in [1.807, 2.05) is 0 Å². The maximum atomic E-state index is 13.2. The van der Waals surface area contributed by atoms with E-state index in [2.05, 4.69) is 14.9 Å². The molecule has 1 aliphatic rings. The second-order valence-corrected chi connectivity index (χ2v) is 11.4. The van der Waals surface area contributed by atoms with Gasteiger partial charge >= 0.3 is 0 Å². The molecule has 1 heterocycles. The van der Waals surface area contributed by atoms with E-state index in [1.54, 1.807) is 25.1 Å². The van der Waals surface area contributed by atoms with Crippen molar-refractivity contribution in [1.29, 1.82) is 0 Å². The van der Waals surface area contributed by atoms with Crippen LogP contribution in [0.4, 0.5) is 17.1 Å². The Morgan fingerprint density at radius 3 is 2.34 bits per heavy atom. The molecule has 0 aromatic heterocycles. The zero-order valence-corrected chi connectivity index (χ0v) is 22.7. The van der Waals surface area contributed by atoms with Gasteiger partial charge in [-0.2, -0.15) is 0 Å². The minimum Gasteiger partial charge on any atom is -0.493 e. The molecule has 2 aromatic rings. The first kappa shape index (κ1) is 28.8. The van der Waals surface area contributed by atoms with Crippen LogP contribution in [0.3, 0.4) is 0 Å². The fraction of sp³-hybridized carbons (Fsp3) is 0.455. The lowest BCUT2D eigenvalue weighted by Crippen LogP contribution is -2.32. The van der Waals surface area contributed by atoms with Gasteiger partial charge in [0.2, 0.25) is 10.0 Å². The molecule has 10 nitrogen and oxygen atoms in total. The van der Waals surface area contributed by atoms with E-state index in [1.165, 1.54) is 36.7 Å². The lowest BCUT2D eigenvalue weighted by atomic mass is 10.2. The number of nitrogens with one attached hydrogen (secondary N) is 2. The van der Waals surface area contributed by atoms with Crippen LogP contribution >= 0.6 is 12.4 Å². The maximum Gasteiger partial charge on any atom is 0.262 e. The van der Waals surface area contributed by atoms with Crippen LogP contribution in [0, 0.1) is 0 Å². The number of sulfonamides is 2. The van der Waals surface area contributed by atoms with Crippen LogP contribution in [0.1, 0.15) is 13.3 Å². The highest BCUT2D eigenvalue weighted by Crippen LogP contribution is 2.35. The van der Waals surface area contributed by atoms with Crippen molar-refractivity contribution in [2.75, 3.05) is 67.1 Å². The summed E-state index contributed by atoms with van der Waals surface area (Å²) in [6, 6.07) is 9.39. The molecule has 35 heavy (non-hydrogen) atoms. The van der Waals surface area contributed by atoms with E-state index in [0.29, 0.717) is 5.75 Å². The van der Waals surface area contributed by atoms with Gasteiger partial charge < -0.3 is 19.7 Å². The Labute approximate surface area is 214 Å². The second kappa shape index (κ2) is 12.0. The van der Waals surface area contributed by atoms with Crippen molar-refractivity contribution in [3.8, 4) is 11.5 Å². The number of rotatable bonds is 9. The molecule has 1 fully saturated rings. The summed E-state index contributed by atoms with van der Waals surface area (Å²) in [4.78, 5) is 2.12. The fourth-order valence-electron chi connectivity index (χ4n) is 3.88. The van der Waals surface area contributed by atoms with E-state index in [0.717, 1.165) is 44.5 Å². The number of benzene rings is 2. The number of ether oxygens (including phenoxy) is 2. The molecule has 1 saturated heterocycles. The molecule has 196 valence electrons. The topological polar surface area (TPSA) is 117 Å². The minimum absolute atomic E-state index is 0. The average molecular weight is 549 g/mol.